The lowest BCUT2D eigenvalue weighted by Crippen LogP contribution is -2.44. The van der Waals surface area contributed by atoms with E-state index in [1.807, 2.05) is 30.3 Å². The van der Waals surface area contributed by atoms with Crippen molar-refractivity contribution in [2.24, 2.45) is 0 Å². The first-order valence-corrected chi connectivity index (χ1v) is 10.1. The Hall–Kier alpha value is -2.34. The predicted molar refractivity (Wildman–Crippen MR) is 97.5 cm³/mol. The van der Waals surface area contributed by atoms with Crippen LogP contribution >= 0.6 is 7.52 Å². The summed E-state index contributed by atoms with van der Waals surface area (Å²) in [7, 11) is -4.09. The van der Waals surface area contributed by atoms with E-state index in [1.165, 1.54) is 12.1 Å². The molecule has 138 valence electrons. The minimum atomic E-state index is -4.09. The lowest BCUT2D eigenvalue weighted by atomic mass is 10.1. The SMILES string of the molecule is O=C1C(P(=O)(O)Nc2ccccc2O)CCCN1OCc1ccccc1. The molecule has 0 aliphatic carbocycles. The van der Waals surface area contributed by atoms with Crippen molar-refractivity contribution in [3.63, 3.8) is 0 Å². The number of amides is 1. The second-order valence-corrected chi connectivity index (χ2v) is 8.20. The second kappa shape index (κ2) is 7.91. The number of hydroxylamine groups is 2. The van der Waals surface area contributed by atoms with Gasteiger partial charge in [-0.3, -0.25) is 14.2 Å². The Kier molecular flexibility index (Phi) is 5.61. The van der Waals surface area contributed by atoms with E-state index in [0.717, 1.165) is 10.6 Å². The third kappa shape index (κ3) is 4.25. The normalized spacial score (nSPS) is 19.8. The van der Waals surface area contributed by atoms with Gasteiger partial charge in [0.2, 0.25) is 0 Å². The summed E-state index contributed by atoms with van der Waals surface area (Å²) in [5, 5.41) is 13.4. The molecule has 1 aliphatic heterocycles. The van der Waals surface area contributed by atoms with Gasteiger partial charge in [-0.1, -0.05) is 42.5 Å². The molecule has 1 saturated heterocycles. The summed E-state index contributed by atoms with van der Waals surface area (Å²) in [5.74, 6) is -0.678. The number of phenolic OH excluding ortho intramolecular Hbond substituents is 1. The van der Waals surface area contributed by atoms with Crippen LogP contribution in [0.4, 0.5) is 5.69 Å². The number of para-hydroxylation sites is 2. The molecule has 1 heterocycles. The summed E-state index contributed by atoms with van der Waals surface area (Å²) in [6.07, 6.45) is 0.830. The average Bonchev–Trinajstić information content (AvgIpc) is 2.63. The van der Waals surface area contributed by atoms with Crippen LogP contribution < -0.4 is 5.09 Å². The van der Waals surface area contributed by atoms with Crippen LogP contribution in [0, 0.1) is 0 Å². The minimum Gasteiger partial charge on any atom is -0.506 e. The molecule has 0 radical (unpaired) electrons. The molecular weight excluding hydrogens is 355 g/mol. The molecule has 0 bridgehead atoms. The highest BCUT2D eigenvalue weighted by molar-refractivity contribution is 7.61. The van der Waals surface area contributed by atoms with Crippen molar-refractivity contribution >= 4 is 19.1 Å². The Morgan fingerprint density at radius 1 is 1.15 bits per heavy atom. The maximum absolute atomic E-state index is 12.8. The lowest BCUT2D eigenvalue weighted by molar-refractivity contribution is -0.196. The molecule has 3 rings (SSSR count). The fraction of sp³-hybridized carbons (Fsp3) is 0.278. The smallest absolute Gasteiger partial charge is 0.303 e. The minimum absolute atomic E-state index is 0.119. The van der Waals surface area contributed by atoms with E-state index in [1.54, 1.807) is 12.1 Å². The summed E-state index contributed by atoms with van der Waals surface area (Å²) in [6.45, 7) is 0.584. The second-order valence-electron chi connectivity index (χ2n) is 6.11. The van der Waals surface area contributed by atoms with Gasteiger partial charge < -0.3 is 15.1 Å². The summed E-state index contributed by atoms with van der Waals surface area (Å²) in [5.41, 5.74) is -0.0953. The fourth-order valence-electron chi connectivity index (χ4n) is 2.83. The lowest BCUT2D eigenvalue weighted by Gasteiger charge is -2.33. The van der Waals surface area contributed by atoms with Crippen LogP contribution in [0.2, 0.25) is 0 Å². The van der Waals surface area contributed by atoms with Gasteiger partial charge in [0.05, 0.1) is 5.69 Å². The maximum atomic E-state index is 12.8. The number of aromatic hydroxyl groups is 1. The number of piperidine rings is 1. The highest BCUT2D eigenvalue weighted by atomic mass is 31.2. The van der Waals surface area contributed by atoms with Crippen LogP contribution in [0.3, 0.4) is 0 Å². The van der Waals surface area contributed by atoms with E-state index in [-0.39, 0.29) is 24.5 Å². The maximum Gasteiger partial charge on any atom is 0.303 e. The number of hydrogen-bond donors (Lipinski definition) is 3. The number of rotatable bonds is 6. The van der Waals surface area contributed by atoms with Crippen LogP contribution in [0.15, 0.2) is 54.6 Å². The number of benzene rings is 2. The third-order valence-electron chi connectivity index (χ3n) is 4.21. The predicted octanol–water partition coefficient (Wildman–Crippen LogP) is 3.11. The molecule has 2 aromatic rings. The van der Waals surface area contributed by atoms with Crippen molar-refractivity contribution in [3.8, 4) is 5.75 Å². The summed E-state index contributed by atoms with van der Waals surface area (Å²) < 4.78 is 12.8. The first-order chi connectivity index (χ1) is 12.5. The number of phenols is 1. The molecule has 1 fully saturated rings. The Balaban J connectivity index is 1.68. The van der Waals surface area contributed by atoms with Gasteiger partial charge >= 0.3 is 7.52 Å². The van der Waals surface area contributed by atoms with Crippen LogP contribution in [-0.4, -0.2) is 33.2 Å². The highest BCUT2D eigenvalue weighted by Crippen LogP contribution is 2.51. The molecule has 26 heavy (non-hydrogen) atoms. The largest absolute Gasteiger partial charge is 0.506 e. The van der Waals surface area contributed by atoms with E-state index >= 15 is 0 Å². The highest BCUT2D eigenvalue weighted by Gasteiger charge is 2.42. The van der Waals surface area contributed by atoms with Crippen molar-refractivity contribution < 1.29 is 24.2 Å². The summed E-state index contributed by atoms with van der Waals surface area (Å²) in [6, 6.07) is 15.5. The zero-order valence-corrected chi connectivity index (χ0v) is 15.0. The number of hydrogen-bond acceptors (Lipinski definition) is 4. The molecule has 2 aromatic carbocycles. The first kappa shape index (κ1) is 18.5. The molecule has 0 spiro atoms. The van der Waals surface area contributed by atoms with Crippen molar-refractivity contribution in [2.75, 3.05) is 11.6 Å². The van der Waals surface area contributed by atoms with Crippen molar-refractivity contribution in [3.05, 3.63) is 60.2 Å². The molecule has 8 heteroatoms. The van der Waals surface area contributed by atoms with E-state index in [2.05, 4.69) is 5.09 Å². The van der Waals surface area contributed by atoms with E-state index in [0.29, 0.717) is 13.0 Å². The zero-order valence-electron chi connectivity index (χ0n) is 14.1. The van der Waals surface area contributed by atoms with Crippen molar-refractivity contribution in [1.29, 1.82) is 0 Å². The molecule has 7 nitrogen and oxygen atoms in total. The molecule has 1 aliphatic rings. The summed E-state index contributed by atoms with van der Waals surface area (Å²) in [4.78, 5) is 28.6. The van der Waals surface area contributed by atoms with Crippen molar-refractivity contribution in [2.45, 2.75) is 25.1 Å². The molecule has 3 N–H and O–H groups in total. The molecule has 0 aromatic heterocycles. The average molecular weight is 376 g/mol. The van der Waals surface area contributed by atoms with Crippen LogP contribution in [0.1, 0.15) is 18.4 Å². The quantitative estimate of drug-likeness (QED) is 0.529. The zero-order chi connectivity index (χ0) is 18.6. The van der Waals surface area contributed by atoms with Gasteiger partial charge in [-0.15, -0.1) is 0 Å². The third-order valence-corrected chi connectivity index (χ3v) is 6.09. The molecular formula is C18H21N2O5P. The number of anilines is 1. The Labute approximate surface area is 151 Å². The van der Waals surface area contributed by atoms with Gasteiger partial charge in [-0.2, -0.15) is 0 Å². The number of carbonyl (C=O) groups is 1. The van der Waals surface area contributed by atoms with Gasteiger partial charge in [-0.25, -0.2) is 5.06 Å². The van der Waals surface area contributed by atoms with Crippen LogP contribution in [0.5, 0.6) is 5.75 Å². The Bertz CT molecular complexity index is 814. The number of nitrogens with one attached hydrogen (secondary N) is 1. The fourth-order valence-corrected chi connectivity index (χ4v) is 4.48. The summed E-state index contributed by atoms with van der Waals surface area (Å²) >= 11 is 0. The van der Waals surface area contributed by atoms with Crippen LogP contribution in [-0.2, 0) is 20.8 Å². The molecule has 2 unspecified atom stereocenters. The van der Waals surface area contributed by atoms with E-state index < -0.39 is 19.1 Å². The number of carbonyl (C=O) groups excluding carboxylic acids is 1. The number of nitrogens with zero attached hydrogens (tertiary/aromatic N) is 1. The topological polar surface area (TPSA) is 99.1 Å². The molecule has 2 atom stereocenters. The van der Waals surface area contributed by atoms with E-state index in [4.69, 9.17) is 4.84 Å². The van der Waals surface area contributed by atoms with Crippen LogP contribution in [0.25, 0.3) is 0 Å². The Morgan fingerprint density at radius 3 is 2.58 bits per heavy atom. The van der Waals surface area contributed by atoms with Crippen molar-refractivity contribution in [1.82, 2.24) is 5.06 Å². The van der Waals surface area contributed by atoms with Gasteiger partial charge in [-0.05, 0) is 30.5 Å². The van der Waals surface area contributed by atoms with Gasteiger partial charge in [0.1, 0.15) is 18.0 Å². The standard InChI is InChI=1S/C18H21N2O5P/c21-16-10-5-4-9-15(16)19-26(23,24)17-11-6-12-20(18(17)22)25-13-14-7-2-1-3-8-14/h1-5,7-10,17,21H,6,11-13H2,(H2,19,23,24). The van der Waals surface area contributed by atoms with Gasteiger partial charge in [0.15, 0.2) is 0 Å². The monoisotopic (exact) mass is 376 g/mol. The van der Waals surface area contributed by atoms with Gasteiger partial charge in [0.25, 0.3) is 5.91 Å². The van der Waals surface area contributed by atoms with E-state index in [9.17, 15) is 19.4 Å². The molecule has 1 amide bonds. The van der Waals surface area contributed by atoms with Gasteiger partial charge in [0, 0.05) is 6.54 Å². The molecule has 0 saturated carbocycles. The Morgan fingerprint density at radius 2 is 1.85 bits per heavy atom. The first-order valence-electron chi connectivity index (χ1n) is 8.34.